The lowest BCUT2D eigenvalue weighted by Gasteiger charge is -2.39. The number of para-hydroxylation sites is 2. The molecule has 3 rings (SSSR count). The van der Waals surface area contributed by atoms with Crippen LogP contribution in [-0.2, 0) is 6.54 Å². The number of hydrogen-bond donors (Lipinski definition) is 1. The molecule has 0 bridgehead atoms. The first-order chi connectivity index (χ1) is 9.78. The predicted octanol–water partition coefficient (Wildman–Crippen LogP) is 4.21. The number of aryl methyl sites for hydroxylation is 1. The molecule has 2 nitrogen and oxygen atoms in total. The van der Waals surface area contributed by atoms with E-state index in [2.05, 4.69) is 72.6 Å². The molecule has 0 radical (unpaired) electrons. The highest BCUT2D eigenvalue weighted by molar-refractivity contribution is 5.72. The molecule has 1 unspecified atom stereocenters. The van der Waals surface area contributed by atoms with Crippen molar-refractivity contribution in [2.75, 3.05) is 16.8 Å². The van der Waals surface area contributed by atoms with E-state index in [-0.39, 0.29) is 0 Å². The molecule has 0 aromatic heterocycles. The van der Waals surface area contributed by atoms with Gasteiger partial charge in [0.2, 0.25) is 0 Å². The van der Waals surface area contributed by atoms with E-state index in [0.29, 0.717) is 6.04 Å². The molecule has 0 spiro atoms. The first-order valence-corrected chi connectivity index (χ1v) is 7.43. The summed E-state index contributed by atoms with van der Waals surface area (Å²) in [7, 11) is 0. The molecule has 0 saturated carbocycles. The van der Waals surface area contributed by atoms with Crippen molar-refractivity contribution in [1.82, 2.24) is 0 Å². The van der Waals surface area contributed by atoms with Crippen LogP contribution < -0.4 is 10.2 Å². The quantitative estimate of drug-likeness (QED) is 0.895. The zero-order valence-electron chi connectivity index (χ0n) is 12.3. The summed E-state index contributed by atoms with van der Waals surface area (Å²) < 4.78 is 0. The number of fused-ring (bicyclic) bond motifs is 1. The second-order valence-corrected chi connectivity index (χ2v) is 5.58. The number of hydrogen-bond acceptors (Lipinski definition) is 2. The highest BCUT2D eigenvalue weighted by Crippen LogP contribution is 2.33. The van der Waals surface area contributed by atoms with Crippen molar-refractivity contribution in [3.63, 3.8) is 0 Å². The van der Waals surface area contributed by atoms with Gasteiger partial charge in [-0.2, -0.15) is 0 Å². The van der Waals surface area contributed by atoms with Gasteiger partial charge in [-0.05, 0) is 31.0 Å². The topological polar surface area (TPSA) is 15.3 Å². The van der Waals surface area contributed by atoms with Crippen molar-refractivity contribution in [2.45, 2.75) is 32.9 Å². The molecular weight excluding hydrogens is 244 g/mol. The molecule has 1 aliphatic rings. The van der Waals surface area contributed by atoms with Gasteiger partial charge in [-0.25, -0.2) is 0 Å². The van der Waals surface area contributed by atoms with Crippen LogP contribution >= 0.6 is 0 Å². The normalized spacial score (nSPS) is 17.5. The molecule has 1 atom stereocenters. The predicted molar refractivity (Wildman–Crippen MR) is 86.4 cm³/mol. The lowest BCUT2D eigenvalue weighted by Crippen LogP contribution is -2.43. The van der Waals surface area contributed by atoms with Crippen LogP contribution in [0.15, 0.2) is 48.5 Å². The second-order valence-electron chi connectivity index (χ2n) is 5.58. The van der Waals surface area contributed by atoms with Gasteiger partial charge in [-0.3, -0.25) is 0 Å². The van der Waals surface area contributed by atoms with Gasteiger partial charge >= 0.3 is 0 Å². The highest BCUT2D eigenvalue weighted by Gasteiger charge is 2.24. The third kappa shape index (κ3) is 2.51. The molecule has 2 aromatic carbocycles. The van der Waals surface area contributed by atoms with E-state index in [4.69, 9.17) is 0 Å². The molecule has 1 N–H and O–H groups in total. The van der Waals surface area contributed by atoms with Crippen molar-refractivity contribution < 1.29 is 0 Å². The maximum atomic E-state index is 3.55. The zero-order valence-corrected chi connectivity index (χ0v) is 12.3. The first kappa shape index (κ1) is 13.0. The molecule has 0 fully saturated rings. The van der Waals surface area contributed by atoms with Crippen molar-refractivity contribution in [1.29, 1.82) is 0 Å². The summed E-state index contributed by atoms with van der Waals surface area (Å²) in [5.74, 6) is 0. The van der Waals surface area contributed by atoms with E-state index in [9.17, 15) is 0 Å². The molecule has 1 heterocycles. The van der Waals surface area contributed by atoms with Crippen LogP contribution in [0.1, 0.15) is 24.5 Å². The van der Waals surface area contributed by atoms with Gasteiger partial charge < -0.3 is 10.2 Å². The van der Waals surface area contributed by atoms with Crippen molar-refractivity contribution >= 4 is 11.4 Å². The lowest BCUT2D eigenvalue weighted by atomic mass is 10.0. The number of nitrogens with one attached hydrogen (secondary N) is 1. The Kier molecular flexibility index (Phi) is 3.64. The van der Waals surface area contributed by atoms with Gasteiger partial charge in [0.15, 0.2) is 0 Å². The molecule has 0 amide bonds. The van der Waals surface area contributed by atoms with Crippen LogP contribution in [0.25, 0.3) is 0 Å². The fraction of sp³-hybridized carbons (Fsp3) is 0.333. The largest absolute Gasteiger partial charge is 0.381 e. The van der Waals surface area contributed by atoms with Crippen LogP contribution in [0.2, 0.25) is 0 Å². The number of benzene rings is 2. The van der Waals surface area contributed by atoms with E-state index in [1.165, 1.54) is 22.5 Å². The molecule has 0 aliphatic carbocycles. The van der Waals surface area contributed by atoms with Crippen LogP contribution in [-0.4, -0.2) is 12.6 Å². The molecule has 0 saturated heterocycles. The van der Waals surface area contributed by atoms with Crippen molar-refractivity contribution in [3.8, 4) is 0 Å². The Morgan fingerprint density at radius 3 is 2.80 bits per heavy atom. The Balaban J connectivity index is 1.93. The summed E-state index contributed by atoms with van der Waals surface area (Å²) in [6.07, 6.45) is 1.16. The van der Waals surface area contributed by atoms with Gasteiger partial charge in [0, 0.05) is 19.1 Å². The average molecular weight is 266 g/mol. The minimum Gasteiger partial charge on any atom is -0.381 e. The van der Waals surface area contributed by atoms with Crippen LogP contribution in [0, 0.1) is 6.92 Å². The summed E-state index contributed by atoms with van der Waals surface area (Å²) in [4.78, 5) is 2.54. The number of nitrogens with zero attached hydrogens (tertiary/aromatic N) is 1. The SMILES string of the molecule is CCC1CNc2ccccc2N1Cc1cccc(C)c1. The van der Waals surface area contributed by atoms with Crippen LogP contribution in [0.3, 0.4) is 0 Å². The summed E-state index contributed by atoms with van der Waals surface area (Å²) in [5.41, 5.74) is 5.30. The summed E-state index contributed by atoms with van der Waals surface area (Å²) in [5, 5.41) is 3.55. The average Bonchev–Trinajstić information content (AvgIpc) is 2.48. The standard InChI is InChI=1S/C18H22N2/c1-3-16-12-19-17-9-4-5-10-18(17)20(16)13-15-8-6-7-14(2)11-15/h4-11,16,19H,3,12-13H2,1-2H3. The third-order valence-corrected chi connectivity index (χ3v) is 4.09. The molecule has 2 heteroatoms. The van der Waals surface area contributed by atoms with Crippen molar-refractivity contribution in [2.24, 2.45) is 0 Å². The van der Waals surface area contributed by atoms with Gasteiger partial charge in [0.25, 0.3) is 0 Å². The van der Waals surface area contributed by atoms with Crippen LogP contribution in [0.4, 0.5) is 11.4 Å². The monoisotopic (exact) mass is 266 g/mol. The number of anilines is 2. The Bertz CT molecular complexity index is 591. The van der Waals surface area contributed by atoms with E-state index in [1.807, 2.05) is 0 Å². The number of rotatable bonds is 3. The Morgan fingerprint density at radius 1 is 1.15 bits per heavy atom. The molecule has 1 aliphatic heterocycles. The van der Waals surface area contributed by atoms with E-state index in [0.717, 1.165) is 19.5 Å². The molecule has 104 valence electrons. The minimum atomic E-state index is 0.561. The van der Waals surface area contributed by atoms with Crippen molar-refractivity contribution in [3.05, 3.63) is 59.7 Å². The third-order valence-electron chi connectivity index (χ3n) is 4.09. The van der Waals surface area contributed by atoms with E-state index < -0.39 is 0 Å². The maximum absolute atomic E-state index is 3.55. The van der Waals surface area contributed by atoms with E-state index >= 15 is 0 Å². The Hall–Kier alpha value is -1.96. The van der Waals surface area contributed by atoms with E-state index in [1.54, 1.807) is 0 Å². The van der Waals surface area contributed by atoms with Gasteiger partial charge in [-0.15, -0.1) is 0 Å². The second kappa shape index (κ2) is 5.58. The smallest absolute Gasteiger partial charge is 0.0608 e. The van der Waals surface area contributed by atoms with Crippen LogP contribution in [0.5, 0.6) is 0 Å². The fourth-order valence-electron chi connectivity index (χ4n) is 2.99. The zero-order chi connectivity index (χ0) is 13.9. The molecule has 20 heavy (non-hydrogen) atoms. The van der Waals surface area contributed by atoms with Gasteiger partial charge in [0.05, 0.1) is 11.4 Å². The van der Waals surface area contributed by atoms with Gasteiger partial charge in [0.1, 0.15) is 0 Å². The molecular formula is C18H22N2. The van der Waals surface area contributed by atoms with Gasteiger partial charge in [-0.1, -0.05) is 48.9 Å². The first-order valence-electron chi connectivity index (χ1n) is 7.43. The minimum absolute atomic E-state index is 0.561. The summed E-state index contributed by atoms with van der Waals surface area (Å²) in [6, 6.07) is 18.0. The Morgan fingerprint density at radius 2 is 2.00 bits per heavy atom. The Labute approximate surface area is 121 Å². The lowest BCUT2D eigenvalue weighted by molar-refractivity contribution is 0.580. The summed E-state index contributed by atoms with van der Waals surface area (Å²) in [6.45, 7) is 6.44. The summed E-state index contributed by atoms with van der Waals surface area (Å²) >= 11 is 0. The maximum Gasteiger partial charge on any atom is 0.0608 e. The molecule has 2 aromatic rings. The fourth-order valence-corrected chi connectivity index (χ4v) is 2.99. The highest BCUT2D eigenvalue weighted by atomic mass is 15.2.